The van der Waals surface area contributed by atoms with E-state index in [1.807, 2.05) is 18.4 Å². The number of imidazole rings is 1. The van der Waals surface area contributed by atoms with Crippen LogP contribution in [0.3, 0.4) is 0 Å². The van der Waals surface area contributed by atoms with Crippen LogP contribution in [0.5, 0.6) is 0 Å². The lowest BCUT2D eigenvalue weighted by atomic mass is 9.86. The second-order valence-electron chi connectivity index (χ2n) is 5.12. The first-order valence-electron chi connectivity index (χ1n) is 7.12. The molecule has 1 fully saturated rings. The van der Waals surface area contributed by atoms with Gasteiger partial charge in [0.15, 0.2) is 0 Å². The van der Waals surface area contributed by atoms with Gasteiger partial charge in [0.05, 0.1) is 30.2 Å². The summed E-state index contributed by atoms with van der Waals surface area (Å²) in [4.78, 5) is 29.5. The van der Waals surface area contributed by atoms with E-state index in [0.717, 1.165) is 12.1 Å². The number of carbonyl (C=O) groups excluding carboxylic acids is 1. The Morgan fingerprint density at radius 2 is 2.25 bits per heavy atom. The van der Waals surface area contributed by atoms with Crippen molar-refractivity contribution in [3.63, 3.8) is 0 Å². The zero-order chi connectivity index (χ0) is 14.7. The number of hydrogen-bond acceptors (Lipinski definition) is 3. The lowest BCUT2D eigenvalue weighted by Crippen LogP contribution is -2.46. The molecule has 0 saturated carbocycles. The summed E-state index contributed by atoms with van der Waals surface area (Å²) >= 11 is 0. The van der Waals surface area contributed by atoms with Crippen molar-refractivity contribution in [3.05, 3.63) is 18.2 Å². The Morgan fingerprint density at radius 3 is 2.85 bits per heavy atom. The third-order valence-electron chi connectivity index (χ3n) is 3.88. The van der Waals surface area contributed by atoms with Crippen molar-refractivity contribution in [2.75, 3.05) is 6.54 Å². The van der Waals surface area contributed by atoms with E-state index in [-0.39, 0.29) is 5.91 Å². The van der Waals surface area contributed by atoms with Gasteiger partial charge in [-0.05, 0) is 19.8 Å². The van der Waals surface area contributed by atoms with E-state index < -0.39 is 17.9 Å². The third kappa shape index (κ3) is 2.55. The Labute approximate surface area is 118 Å². The average molecular weight is 279 g/mol. The summed E-state index contributed by atoms with van der Waals surface area (Å²) in [5.41, 5.74) is 0.821. The van der Waals surface area contributed by atoms with Gasteiger partial charge in [0.1, 0.15) is 0 Å². The predicted octanol–water partition coefficient (Wildman–Crippen LogP) is 1.68. The first-order valence-corrected chi connectivity index (χ1v) is 7.12. The number of carboxylic acid groups (broad SMARTS) is 1. The van der Waals surface area contributed by atoms with Gasteiger partial charge in [-0.15, -0.1) is 0 Å². The van der Waals surface area contributed by atoms with Gasteiger partial charge in [0.25, 0.3) is 0 Å². The quantitative estimate of drug-likeness (QED) is 0.889. The maximum atomic E-state index is 12.2. The Kier molecular flexibility index (Phi) is 4.42. The summed E-state index contributed by atoms with van der Waals surface area (Å²) < 4.78 is 1.92. The van der Waals surface area contributed by atoms with E-state index in [4.69, 9.17) is 0 Å². The van der Waals surface area contributed by atoms with Gasteiger partial charge in [-0.2, -0.15) is 0 Å². The molecule has 1 aliphatic heterocycles. The van der Waals surface area contributed by atoms with E-state index in [0.29, 0.717) is 25.9 Å². The molecule has 0 aliphatic carbocycles. The van der Waals surface area contributed by atoms with E-state index in [9.17, 15) is 14.7 Å². The largest absolute Gasteiger partial charge is 0.481 e. The molecule has 20 heavy (non-hydrogen) atoms. The lowest BCUT2D eigenvalue weighted by Gasteiger charge is -2.39. The van der Waals surface area contributed by atoms with Gasteiger partial charge in [-0.25, -0.2) is 4.98 Å². The molecule has 2 rings (SSSR count). The van der Waals surface area contributed by atoms with Gasteiger partial charge in [-0.3, -0.25) is 9.59 Å². The second kappa shape index (κ2) is 6.07. The van der Waals surface area contributed by atoms with E-state index in [2.05, 4.69) is 4.98 Å². The Morgan fingerprint density at radius 1 is 1.50 bits per heavy atom. The molecular formula is C14H21N3O3. The van der Waals surface area contributed by atoms with Crippen molar-refractivity contribution in [2.24, 2.45) is 5.92 Å². The number of nitrogens with zero attached hydrogens (tertiary/aromatic N) is 3. The van der Waals surface area contributed by atoms with Crippen LogP contribution in [-0.2, 0) is 16.1 Å². The molecule has 2 atom stereocenters. The van der Waals surface area contributed by atoms with Crippen molar-refractivity contribution >= 4 is 11.9 Å². The van der Waals surface area contributed by atoms with Crippen LogP contribution in [0.25, 0.3) is 0 Å². The molecule has 6 nitrogen and oxygen atoms in total. The second-order valence-corrected chi connectivity index (χ2v) is 5.12. The standard InChI is InChI=1S/C14H21N3O3/c1-3-7-17-12(18)6-5-10(14(19)20)13(17)11-8-15-9-16(11)4-2/h8-10,13H,3-7H2,1-2H3,(H,19,20). The highest BCUT2D eigenvalue weighted by Gasteiger charge is 2.41. The molecule has 1 N–H and O–H groups in total. The monoisotopic (exact) mass is 279 g/mol. The first kappa shape index (κ1) is 14.6. The Balaban J connectivity index is 2.43. The topological polar surface area (TPSA) is 75.4 Å². The molecule has 0 spiro atoms. The third-order valence-corrected chi connectivity index (χ3v) is 3.88. The SMILES string of the molecule is CCCN1C(=O)CCC(C(=O)O)C1c1cncn1CC. The molecule has 1 amide bonds. The number of aryl methyl sites for hydroxylation is 1. The number of hydrogen-bond donors (Lipinski definition) is 1. The molecule has 1 saturated heterocycles. The van der Waals surface area contributed by atoms with E-state index in [1.54, 1.807) is 17.4 Å². The van der Waals surface area contributed by atoms with Crippen molar-refractivity contribution in [2.45, 2.75) is 45.7 Å². The number of aromatic nitrogens is 2. The number of aliphatic carboxylic acids is 1. The van der Waals surface area contributed by atoms with Gasteiger partial charge in [0, 0.05) is 19.5 Å². The van der Waals surface area contributed by atoms with Gasteiger partial charge in [-0.1, -0.05) is 6.92 Å². The van der Waals surface area contributed by atoms with Crippen LogP contribution in [-0.4, -0.2) is 38.0 Å². The highest BCUT2D eigenvalue weighted by atomic mass is 16.4. The molecule has 0 bridgehead atoms. The summed E-state index contributed by atoms with van der Waals surface area (Å²) in [6, 6.07) is -0.406. The fourth-order valence-corrected chi connectivity index (χ4v) is 2.92. The van der Waals surface area contributed by atoms with Crippen molar-refractivity contribution in [1.29, 1.82) is 0 Å². The number of rotatable bonds is 5. The highest BCUT2D eigenvalue weighted by molar-refractivity contribution is 5.81. The smallest absolute Gasteiger partial charge is 0.309 e. The summed E-state index contributed by atoms with van der Waals surface area (Å²) in [6.45, 7) is 5.27. The van der Waals surface area contributed by atoms with E-state index in [1.165, 1.54) is 0 Å². The number of amides is 1. The molecule has 0 radical (unpaired) electrons. The molecule has 1 aromatic rings. The number of carboxylic acids is 1. The first-order chi connectivity index (χ1) is 9.60. The molecular weight excluding hydrogens is 258 g/mol. The Bertz CT molecular complexity index is 498. The minimum atomic E-state index is -0.840. The minimum absolute atomic E-state index is 0.0400. The lowest BCUT2D eigenvalue weighted by molar-refractivity contribution is -0.152. The summed E-state index contributed by atoms with van der Waals surface area (Å²) in [5, 5.41) is 9.48. The zero-order valence-corrected chi connectivity index (χ0v) is 12.0. The maximum Gasteiger partial charge on any atom is 0.309 e. The molecule has 1 aromatic heterocycles. The van der Waals surface area contributed by atoms with Gasteiger partial charge in [0.2, 0.25) is 5.91 Å². The minimum Gasteiger partial charge on any atom is -0.481 e. The molecule has 110 valence electrons. The van der Waals surface area contributed by atoms with Crippen LogP contribution in [0.1, 0.15) is 44.8 Å². The van der Waals surface area contributed by atoms with Crippen LogP contribution < -0.4 is 0 Å². The summed E-state index contributed by atoms with van der Waals surface area (Å²) in [6.07, 6.45) is 4.90. The fourth-order valence-electron chi connectivity index (χ4n) is 2.92. The molecule has 2 unspecified atom stereocenters. The highest BCUT2D eigenvalue weighted by Crippen LogP contribution is 2.36. The van der Waals surface area contributed by atoms with Crippen LogP contribution in [0, 0.1) is 5.92 Å². The molecule has 6 heteroatoms. The fraction of sp³-hybridized carbons (Fsp3) is 0.643. The van der Waals surface area contributed by atoms with E-state index >= 15 is 0 Å². The number of likely N-dealkylation sites (tertiary alicyclic amines) is 1. The van der Waals surface area contributed by atoms with Crippen LogP contribution >= 0.6 is 0 Å². The number of piperidine rings is 1. The van der Waals surface area contributed by atoms with Crippen molar-refractivity contribution in [1.82, 2.24) is 14.5 Å². The van der Waals surface area contributed by atoms with Gasteiger partial charge >= 0.3 is 5.97 Å². The Hall–Kier alpha value is -1.85. The summed E-state index contributed by atoms with van der Waals surface area (Å²) in [5.74, 6) is -1.35. The molecule has 0 aromatic carbocycles. The van der Waals surface area contributed by atoms with Crippen molar-refractivity contribution in [3.8, 4) is 0 Å². The molecule has 1 aliphatic rings. The predicted molar refractivity (Wildman–Crippen MR) is 73.0 cm³/mol. The van der Waals surface area contributed by atoms with Crippen molar-refractivity contribution < 1.29 is 14.7 Å². The van der Waals surface area contributed by atoms with Crippen LogP contribution in [0.15, 0.2) is 12.5 Å². The zero-order valence-electron chi connectivity index (χ0n) is 12.0. The average Bonchev–Trinajstić information content (AvgIpc) is 2.88. The van der Waals surface area contributed by atoms with Crippen LogP contribution in [0.4, 0.5) is 0 Å². The summed E-state index contributed by atoms with van der Waals surface area (Å²) in [7, 11) is 0. The normalized spacial score (nSPS) is 23.1. The maximum absolute atomic E-state index is 12.2. The van der Waals surface area contributed by atoms with Crippen LogP contribution in [0.2, 0.25) is 0 Å². The van der Waals surface area contributed by atoms with Gasteiger partial charge < -0.3 is 14.6 Å². The molecule has 2 heterocycles. The number of carbonyl (C=O) groups is 2.